The summed E-state index contributed by atoms with van der Waals surface area (Å²) >= 11 is 7.62. The van der Waals surface area contributed by atoms with Crippen LogP contribution in [0.5, 0.6) is 0 Å². The van der Waals surface area contributed by atoms with Crippen LogP contribution in [0.4, 0.5) is 0 Å². The minimum Gasteiger partial charge on any atom is -0.682 e. The van der Waals surface area contributed by atoms with Gasteiger partial charge in [-0.25, -0.2) is 0 Å². The summed E-state index contributed by atoms with van der Waals surface area (Å²) in [7, 11) is -0.500. The van der Waals surface area contributed by atoms with Crippen LogP contribution in [0.15, 0.2) is 0 Å². The van der Waals surface area contributed by atoms with Gasteiger partial charge in [-0.15, -0.1) is 0 Å². The van der Waals surface area contributed by atoms with E-state index < -0.39 is 0 Å². The maximum atomic E-state index is 8.72. The summed E-state index contributed by atoms with van der Waals surface area (Å²) in [5.41, 5.74) is 0. The molecule has 0 aliphatic rings. The van der Waals surface area contributed by atoms with Crippen LogP contribution in [0.1, 0.15) is 0 Å². The molecule has 0 saturated carbocycles. The van der Waals surface area contributed by atoms with Crippen LogP contribution >= 0.6 is 15.3 Å². The molecule has 0 aromatic carbocycles. The second-order valence-electron chi connectivity index (χ2n) is 0.149. The molecule has 41 valence electrons. The molecule has 0 fully saturated rings. The topological polar surface area (TPSA) is 34.1 Å². The van der Waals surface area contributed by atoms with Crippen molar-refractivity contribution in [3.05, 3.63) is 0 Å². The molecule has 0 amide bonds. The molecule has 0 bridgehead atoms. The largest absolute Gasteiger partial charge is 2.00 e. The van der Waals surface area contributed by atoms with Crippen molar-refractivity contribution in [1.82, 2.24) is 0 Å². The predicted octanol–water partition coefficient (Wildman–Crippen LogP) is 1.48. The first-order chi connectivity index (χ1) is 2.83. The molecule has 0 unspecified atom stereocenters. The molecule has 0 aromatic heterocycles. The molecule has 2 nitrogen and oxygen atoms in total. The number of rotatable bonds is 0. The summed E-state index contributed by atoms with van der Waals surface area (Å²) in [4.78, 5) is 0. The van der Waals surface area contributed by atoms with Crippen LogP contribution < -0.4 is 0 Å². The minimum atomic E-state index is -0.250. The molecule has 0 aliphatic carbocycles. The second kappa shape index (κ2) is 26.1. The quantitative estimate of drug-likeness (QED) is 0.346. The molecule has 1 radical (unpaired) electrons. The van der Waals surface area contributed by atoms with Crippen LogP contribution in [-0.4, -0.2) is 0 Å². The Balaban J connectivity index is -0.0000000400. The third-order valence-electron chi connectivity index (χ3n) is 0. The Kier molecular flexibility index (Phi) is 58.9. The predicted molar refractivity (Wildman–Crippen MR) is 29.9 cm³/mol. The van der Waals surface area contributed by atoms with Crippen LogP contribution in [-0.2, 0) is 50.7 Å². The molecule has 7 heteroatoms. The molecule has 0 spiro atoms. The van der Waals surface area contributed by atoms with E-state index in [0.29, 0.717) is 0 Å². The Labute approximate surface area is 66.0 Å². The van der Waals surface area contributed by atoms with Gasteiger partial charge in [-0.05, 0) is 15.3 Å². The van der Waals surface area contributed by atoms with E-state index in [0.717, 1.165) is 0 Å². The molecule has 0 saturated heterocycles. The zero-order chi connectivity index (χ0) is 5.41. The van der Waals surface area contributed by atoms with Crippen molar-refractivity contribution >= 4 is 39.8 Å². The van der Waals surface area contributed by atoms with E-state index in [1.165, 1.54) is 0 Å². The first-order valence-electron chi connectivity index (χ1n) is 0.730. The van der Waals surface area contributed by atoms with E-state index in [-0.39, 0.29) is 32.4 Å². The summed E-state index contributed by atoms with van der Waals surface area (Å²) < 4.78 is 17.4. The standard InChI is InChI=1S/Mn.2HOPS/c;2*1-2-3/h;2*(H,1,3)/q+2;;/p-2. The molecular formula is MnO2P2S2. The van der Waals surface area contributed by atoms with Crippen molar-refractivity contribution in [2.45, 2.75) is 0 Å². The Morgan fingerprint density at radius 3 is 1.00 bits per heavy atom. The maximum Gasteiger partial charge on any atom is 2.00 e. The van der Waals surface area contributed by atoms with Crippen LogP contribution in [0.3, 0.4) is 0 Å². The average Bonchev–Trinajstić information content (AvgIpc) is 1.39. The Hall–Kier alpha value is 1.42. The van der Waals surface area contributed by atoms with Gasteiger partial charge in [0.2, 0.25) is 0 Å². The smallest absolute Gasteiger partial charge is 0.682 e. The van der Waals surface area contributed by atoms with Gasteiger partial charge < -0.3 is 33.6 Å². The summed E-state index contributed by atoms with van der Waals surface area (Å²) in [5.74, 6) is 0. The monoisotopic (exact) mass is 213 g/mol. The van der Waals surface area contributed by atoms with E-state index in [9.17, 15) is 0 Å². The van der Waals surface area contributed by atoms with Gasteiger partial charge in [-0.2, -0.15) is 0 Å². The first-order valence-corrected chi connectivity index (χ1v) is 4.38. The third kappa shape index (κ3) is 108. The molecule has 0 rings (SSSR count). The van der Waals surface area contributed by atoms with Gasteiger partial charge in [0.1, 0.15) is 0 Å². The summed E-state index contributed by atoms with van der Waals surface area (Å²) in [6, 6.07) is 0. The fourth-order valence-corrected chi connectivity index (χ4v) is 0. The molecule has 0 atom stereocenters. The Morgan fingerprint density at radius 1 is 1.00 bits per heavy atom. The average molecular weight is 213 g/mol. The van der Waals surface area contributed by atoms with Gasteiger partial charge in [-0.1, -0.05) is 0 Å². The van der Waals surface area contributed by atoms with Crippen molar-refractivity contribution < 1.29 is 26.2 Å². The van der Waals surface area contributed by atoms with E-state index in [2.05, 4.69) is 24.5 Å². The fourth-order valence-electron chi connectivity index (χ4n) is 0. The van der Waals surface area contributed by atoms with E-state index in [1.807, 2.05) is 0 Å². The molecular weight excluding hydrogens is 213 g/mol. The summed E-state index contributed by atoms with van der Waals surface area (Å²) in [5, 5.41) is 0. The molecule has 0 aliphatic heterocycles. The van der Waals surface area contributed by atoms with Gasteiger partial charge in [-0.3, -0.25) is 0 Å². The summed E-state index contributed by atoms with van der Waals surface area (Å²) in [6.07, 6.45) is 0. The van der Waals surface area contributed by atoms with Gasteiger partial charge in [0, 0.05) is 0 Å². The summed E-state index contributed by atoms with van der Waals surface area (Å²) in [6.45, 7) is 0. The van der Waals surface area contributed by atoms with Crippen molar-refractivity contribution in [1.29, 1.82) is 0 Å². The normalized spacial score (nSPS) is 6.00. The second-order valence-corrected chi connectivity index (χ2v) is 1.34. The zero-order valence-corrected chi connectivity index (χ0v) is 7.51. The van der Waals surface area contributed by atoms with Crippen molar-refractivity contribution in [3.8, 4) is 0 Å². The van der Waals surface area contributed by atoms with Crippen molar-refractivity contribution in [3.63, 3.8) is 0 Å². The maximum absolute atomic E-state index is 8.72. The third-order valence-corrected chi connectivity index (χ3v) is 0. The van der Waals surface area contributed by atoms with Gasteiger partial charge >= 0.3 is 17.1 Å². The van der Waals surface area contributed by atoms with Crippen LogP contribution in [0, 0.1) is 0 Å². The van der Waals surface area contributed by atoms with Crippen molar-refractivity contribution in [2.75, 3.05) is 0 Å². The molecule has 0 N–H and O–H groups in total. The zero-order valence-electron chi connectivity index (χ0n) is 2.91. The molecule has 7 heavy (non-hydrogen) atoms. The minimum absolute atomic E-state index is 0. The SMILES string of the molecule is O=P[S-].O=P[S-].[Mn+2]. The van der Waals surface area contributed by atoms with Gasteiger partial charge in [0.25, 0.3) is 0 Å². The Morgan fingerprint density at radius 2 is 1.00 bits per heavy atom. The first kappa shape index (κ1) is 15.8. The number of hydrogen-bond acceptors (Lipinski definition) is 4. The van der Waals surface area contributed by atoms with Gasteiger partial charge in [0.05, 0.1) is 0 Å². The van der Waals surface area contributed by atoms with Crippen LogP contribution in [0.2, 0.25) is 0 Å². The van der Waals surface area contributed by atoms with E-state index >= 15 is 0 Å². The fraction of sp³-hybridized carbons (Fsp3) is 0. The Bertz CT molecular complexity index is 34.7. The number of hydrogen-bond donors (Lipinski definition) is 0. The van der Waals surface area contributed by atoms with Crippen molar-refractivity contribution in [2.24, 2.45) is 0 Å². The molecule has 0 heterocycles. The van der Waals surface area contributed by atoms with Crippen LogP contribution in [0.25, 0.3) is 0 Å². The van der Waals surface area contributed by atoms with E-state index in [1.54, 1.807) is 0 Å². The molecule has 0 aromatic rings. The van der Waals surface area contributed by atoms with E-state index in [4.69, 9.17) is 9.13 Å². The van der Waals surface area contributed by atoms with Gasteiger partial charge in [0.15, 0.2) is 0 Å².